The highest BCUT2D eigenvalue weighted by Gasteiger charge is 2.16. The Labute approximate surface area is 183 Å². The maximum absolute atomic E-state index is 12.2. The number of sulfonamides is 1. The number of benzene rings is 2. The van der Waals surface area contributed by atoms with Crippen molar-refractivity contribution in [3.05, 3.63) is 57.5 Å². The van der Waals surface area contributed by atoms with Gasteiger partial charge in [-0.2, -0.15) is 0 Å². The van der Waals surface area contributed by atoms with Gasteiger partial charge in [0.15, 0.2) is 6.61 Å². The Morgan fingerprint density at radius 2 is 1.90 bits per heavy atom. The predicted octanol–water partition coefficient (Wildman–Crippen LogP) is 3.28. The molecule has 2 aromatic carbocycles. The van der Waals surface area contributed by atoms with Gasteiger partial charge in [-0.25, -0.2) is 13.1 Å². The lowest BCUT2D eigenvalue weighted by molar-refractivity contribution is -0.123. The summed E-state index contributed by atoms with van der Waals surface area (Å²) in [6, 6.07) is 11.5. The fourth-order valence-corrected chi connectivity index (χ4v) is 3.99. The van der Waals surface area contributed by atoms with Crippen LogP contribution in [0, 0.1) is 0 Å². The minimum Gasteiger partial charge on any atom is -0.482 e. The molecule has 0 aliphatic carbocycles. The zero-order valence-corrected chi connectivity index (χ0v) is 19.1. The minimum atomic E-state index is -3.71. The topological polar surface area (TPSA) is 93.7 Å². The first-order chi connectivity index (χ1) is 13.7. The number of hydrogen-bond donors (Lipinski definition) is 2. The lowest BCUT2D eigenvalue weighted by atomic mass is 10.1. The number of carbonyl (C=O) groups excluding carboxylic acids is 1. The summed E-state index contributed by atoms with van der Waals surface area (Å²) in [6.07, 6.45) is 0. The number of ether oxygens (including phenoxy) is 2. The van der Waals surface area contributed by atoms with Crippen LogP contribution in [0.3, 0.4) is 0 Å². The lowest BCUT2D eigenvalue weighted by Crippen LogP contribution is -2.31. The molecule has 0 unspecified atom stereocenters. The van der Waals surface area contributed by atoms with Gasteiger partial charge < -0.3 is 14.8 Å². The molecule has 10 heteroatoms. The summed E-state index contributed by atoms with van der Waals surface area (Å²) in [6.45, 7) is 2.01. The van der Waals surface area contributed by atoms with Crippen LogP contribution in [0.25, 0.3) is 0 Å². The van der Waals surface area contributed by atoms with Crippen LogP contribution in [0.4, 0.5) is 0 Å². The van der Waals surface area contributed by atoms with Crippen LogP contribution in [-0.4, -0.2) is 41.2 Å². The summed E-state index contributed by atoms with van der Waals surface area (Å²) >= 11 is 9.49. The minimum absolute atomic E-state index is 0.000680. The Morgan fingerprint density at radius 3 is 2.52 bits per heavy atom. The molecule has 1 amide bonds. The zero-order valence-electron chi connectivity index (χ0n) is 15.9. The third-order valence-electron chi connectivity index (χ3n) is 3.92. The quantitative estimate of drug-likeness (QED) is 0.483. The standard InChI is InChI=1S/C19H22BrClN2O5S/c1-13(14-3-5-15(20)6-4-14)23-19(24)12-28-18-8-7-16(11-17(18)21)29(25,26)22-9-10-27-2/h3-8,11,13,22H,9-10,12H2,1-2H3,(H,23,24)/t13-/m0/s1. The van der Waals surface area contributed by atoms with E-state index < -0.39 is 10.0 Å². The zero-order chi connectivity index (χ0) is 21.4. The SMILES string of the molecule is COCCNS(=O)(=O)c1ccc(OCC(=O)N[C@@H](C)c2ccc(Br)cc2)c(Cl)c1. The first-order valence-electron chi connectivity index (χ1n) is 8.68. The third kappa shape index (κ3) is 7.27. The van der Waals surface area contributed by atoms with Crippen LogP contribution in [0.15, 0.2) is 51.8 Å². The Balaban J connectivity index is 1.93. The lowest BCUT2D eigenvalue weighted by Gasteiger charge is -2.15. The van der Waals surface area contributed by atoms with Crippen molar-refractivity contribution in [2.75, 3.05) is 26.9 Å². The van der Waals surface area contributed by atoms with E-state index in [1.54, 1.807) is 0 Å². The van der Waals surface area contributed by atoms with Gasteiger partial charge in [-0.1, -0.05) is 39.7 Å². The summed E-state index contributed by atoms with van der Waals surface area (Å²) in [5, 5.41) is 2.92. The van der Waals surface area contributed by atoms with Gasteiger partial charge in [0.05, 0.1) is 22.6 Å². The van der Waals surface area contributed by atoms with Crippen molar-refractivity contribution in [1.29, 1.82) is 0 Å². The molecule has 0 heterocycles. The molecule has 0 bridgehead atoms. The number of halogens is 2. The molecule has 1 atom stereocenters. The van der Waals surface area contributed by atoms with E-state index in [1.165, 1.54) is 25.3 Å². The smallest absolute Gasteiger partial charge is 0.258 e. The maximum Gasteiger partial charge on any atom is 0.258 e. The van der Waals surface area contributed by atoms with Crippen molar-refractivity contribution in [3.63, 3.8) is 0 Å². The van der Waals surface area contributed by atoms with Gasteiger partial charge in [-0.15, -0.1) is 0 Å². The fraction of sp³-hybridized carbons (Fsp3) is 0.316. The number of carbonyl (C=O) groups is 1. The first-order valence-corrected chi connectivity index (χ1v) is 11.3. The Hall–Kier alpha value is -1.65. The van der Waals surface area contributed by atoms with Crippen LogP contribution in [-0.2, 0) is 19.6 Å². The van der Waals surface area contributed by atoms with E-state index in [0.717, 1.165) is 10.0 Å². The summed E-state index contributed by atoms with van der Waals surface area (Å²) in [5.74, 6) is -0.108. The average Bonchev–Trinajstić information content (AvgIpc) is 2.67. The van der Waals surface area contributed by atoms with E-state index in [2.05, 4.69) is 26.0 Å². The molecule has 0 radical (unpaired) electrons. The molecular weight excluding hydrogens is 484 g/mol. The van der Waals surface area contributed by atoms with E-state index in [4.69, 9.17) is 21.1 Å². The molecule has 2 aromatic rings. The largest absolute Gasteiger partial charge is 0.482 e. The second-order valence-corrected chi connectivity index (χ2v) is 9.20. The van der Waals surface area contributed by atoms with Gasteiger partial charge in [0.2, 0.25) is 10.0 Å². The van der Waals surface area contributed by atoms with Crippen molar-refractivity contribution in [2.24, 2.45) is 0 Å². The highest BCUT2D eigenvalue weighted by Crippen LogP contribution is 2.27. The highest BCUT2D eigenvalue weighted by atomic mass is 79.9. The average molecular weight is 506 g/mol. The Morgan fingerprint density at radius 1 is 1.21 bits per heavy atom. The number of amides is 1. The van der Waals surface area contributed by atoms with E-state index >= 15 is 0 Å². The van der Waals surface area contributed by atoms with E-state index in [9.17, 15) is 13.2 Å². The fourth-order valence-electron chi connectivity index (χ4n) is 2.39. The number of hydrogen-bond acceptors (Lipinski definition) is 5. The van der Waals surface area contributed by atoms with Crippen molar-refractivity contribution < 1.29 is 22.7 Å². The molecule has 0 aromatic heterocycles. The maximum atomic E-state index is 12.2. The van der Waals surface area contributed by atoms with E-state index in [1.807, 2.05) is 31.2 Å². The number of rotatable bonds is 10. The summed E-state index contributed by atoms with van der Waals surface area (Å²) in [7, 11) is -2.23. The molecule has 0 fully saturated rings. The van der Waals surface area contributed by atoms with Gasteiger partial charge in [-0.05, 0) is 42.8 Å². The van der Waals surface area contributed by atoms with Gasteiger partial charge in [-0.3, -0.25) is 4.79 Å². The predicted molar refractivity (Wildman–Crippen MR) is 115 cm³/mol. The van der Waals surface area contributed by atoms with Crippen LogP contribution < -0.4 is 14.8 Å². The molecular formula is C19H22BrClN2O5S. The van der Waals surface area contributed by atoms with Crippen molar-refractivity contribution >= 4 is 43.5 Å². The molecule has 0 aliphatic heterocycles. The monoisotopic (exact) mass is 504 g/mol. The third-order valence-corrected chi connectivity index (χ3v) is 6.20. The van der Waals surface area contributed by atoms with E-state index in [-0.39, 0.29) is 47.4 Å². The molecule has 0 spiro atoms. The molecule has 158 valence electrons. The molecule has 29 heavy (non-hydrogen) atoms. The summed E-state index contributed by atoms with van der Waals surface area (Å²) in [5.41, 5.74) is 0.954. The Kier molecular flexibility index (Phi) is 8.91. The van der Waals surface area contributed by atoms with Crippen LogP contribution in [0.1, 0.15) is 18.5 Å². The van der Waals surface area contributed by atoms with Gasteiger partial charge in [0.25, 0.3) is 5.91 Å². The van der Waals surface area contributed by atoms with Crippen molar-refractivity contribution in [1.82, 2.24) is 10.0 Å². The van der Waals surface area contributed by atoms with Gasteiger partial charge >= 0.3 is 0 Å². The van der Waals surface area contributed by atoms with Crippen molar-refractivity contribution in [2.45, 2.75) is 17.9 Å². The first kappa shape index (κ1) is 23.6. The van der Waals surface area contributed by atoms with Crippen LogP contribution in [0.5, 0.6) is 5.75 Å². The summed E-state index contributed by atoms with van der Waals surface area (Å²) in [4.78, 5) is 12.1. The normalized spacial score (nSPS) is 12.4. The van der Waals surface area contributed by atoms with Gasteiger partial charge in [0.1, 0.15) is 5.75 Å². The molecule has 7 nitrogen and oxygen atoms in total. The van der Waals surface area contributed by atoms with Crippen molar-refractivity contribution in [3.8, 4) is 5.75 Å². The number of nitrogens with one attached hydrogen (secondary N) is 2. The second kappa shape index (κ2) is 10.9. The molecule has 0 saturated heterocycles. The number of methoxy groups -OCH3 is 1. The molecule has 2 rings (SSSR count). The summed E-state index contributed by atoms with van der Waals surface area (Å²) < 4.78 is 38.0. The van der Waals surface area contributed by atoms with Crippen LogP contribution >= 0.6 is 27.5 Å². The van der Waals surface area contributed by atoms with Crippen LogP contribution in [0.2, 0.25) is 5.02 Å². The van der Waals surface area contributed by atoms with Gasteiger partial charge in [0, 0.05) is 18.1 Å². The highest BCUT2D eigenvalue weighted by molar-refractivity contribution is 9.10. The Bertz CT molecular complexity index is 938. The molecule has 0 aliphatic rings. The molecule has 2 N–H and O–H groups in total. The second-order valence-electron chi connectivity index (χ2n) is 6.11. The van der Waals surface area contributed by atoms with E-state index in [0.29, 0.717) is 0 Å². The molecule has 0 saturated carbocycles.